The number of unbranched alkanes of at least 4 members (excludes halogenated alkanes) is 1. The summed E-state index contributed by atoms with van der Waals surface area (Å²) in [4.78, 5) is 8.12. The van der Waals surface area contributed by atoms with Gasteiger partial charge in [-0.25, -0.2) is 14.4 Å². The Labute approximate surface area is 118 Å². The highest BCUT2D eigenvalue weighted by atomic mass is 19.1. The monoisotopic (exact) mass is 275 g/mol. The van der Waals surface area contributed by atoms with E-state index in [0.717, 1.165) is 12.8 Å². The summed E-state index contributed by atoms with van der Waals surface area (Å²) in [5, 5.41) is 3.06. The summed E-state index contributed by atoms with van der Waals surface area (Å²) in [7, 11) is 0. The third-order valence-electron chi connectivity index (χ3n) is 2.81. The van der Waals surface area contributed by atoms with Crippen LogP contribution in [-0.2, 0) is 6.54 Å². The lowest BCUT2D eigenvalue weighted by Gasteiger charge is -2.08. The van der Waals surface area contributed by atoms with E-state index in [4.69, 9.17) is 4.74 Å². The number of aromatic nitrogens is 2. The first-order valence-corrected chi connectivity index (χ1v) is 6.71. The minimum Gasteiger partial charge on any atom is -0.478 e. The summed E-state index contributed by atoms with van der Waals surface area (Å²) in [5.41, 5.74) is 0.597. The van der Waals surface area contributed by atoms with E-state index in [1.54, 1.807) is 24.3 Å². The van der Waals surface area contributed by atoms with E-state index in [1.165, 1.54) is 12.4 Å². The number of ether oxygens (including phenoxy) is 1. The summed E-state index contributed by atoms with van der Waals surface area (Å²) in [6, 6.07) is 8.37. The Morgan fingerprint density at radius 3 is 2.90 bits per heavy atom. The Morgan fingerprint density at radius 2 is 2.10 bits per heavy atom. The molecule has 0 atom stereocenters. The fourth-order valence-corrected chi connectivity index (χ4v) is 1.66. The van der Waals surface area contributed by atoms with E-state index >= 15 is 0 Å². The average Bonchev–Trinajstić information content (AvgIpc) is 2.47. The lowest BCUT2D eigenvalue weighted by molar-refractivity contribution is 0.297. The van der Waals surface area contributed by atoms with Gasteiger partial charge in [0.2, 0.25) is 5.88 Å². The van der Waals surface area contributed by atoms with Gasteiger partial charge >= 0.3 is 0 Å². The van der Waals surface area contributed by atoms with E-state index in [1.807, 2.05) is 0 Å². The van der Waals surface area contributed by atoms with E-state index < -0.39 is 0 Å². The smallest absolute Gasteiger partial charge is 0.218 e. The lowest BCUT2D eigenvalue weighted by Crippen LogP contribution is -2.05. The van der Waals surface area contributed by atoms with E-state index in [0.29, 0.717) is 30.4 Å². The SMILES string of the molecule is CCCCOc1cc(NCc2ccccc2F)ncn1. The highest BCUT2D eigenvalue weighted by Crippen LogP contribution is 2.13. The molecule has 0 aliphatic heterocycles. The van der Waals surface area contributed by atoms with Gasteiger partial charge in [0.1, 0.15) is 18.0 Å². The first kappa shape index (κ1) is 14.2. The van der Waals surface area contributed by atoms with Crippen LogP contribution >= 0.6 is 0 Å². The van der Waals surface area contributed by atoms with E-state index in [-0.39, 0.29) is 5.82 Å². The summed E-state index contributed by atoms with van der Waals surface area (Å²) < 4.78 is 19.0. The largest absolute Gasteiger partial charge is 0.478 e. The Bertz CT molecular complexity index is 548. The number of hydrogen-bond acceptors (Lipinski definition) is 4. The Balaban J connectivity index is 1.93. The van der Waals surface area contributed by atoms with Crippen LogP contribution in [0.4, 0.5) is 10.2 Å². The topological polar surface area (TPSA) is 47.0 Å². The number of anilines is 1. The van der Waals surface area contributed by atoms with Crippen molar-refractivity contribution >= 4 is 5.82 Å². The van der Waals surface area contributed by atoms with Crippen molar-refractivity contribution in [2.45, 2.75) is 26.3 Å². The molecule has 0 spiro atoms. The minimum atomic E-state index is -0.228. The second kappa shape index (κ2) is 7.43. The normalized spacial score (nSPS) is 10.3. The first-order valence-electron chi connectivity index (χ1n) is 6.71. The van der Waals surface area contributed by atoms with Gasteiger partial charge in [-0.05, 0) is 12.5 Å². The second-order valence-electron chi connectivity index (χ2n) is 4.39. The number of hydrogen-bond donors (Lipinski definition) is 1. The molecular weight excluding hydrogens is 257 g/mol. The van der Waals surface area contributed by atoms with Crippen LogP contribution in [0.2, 0.25) is 0 Å². The molecule has 1 N–H and O–H groups in total. The molecule has 0 aliphatic carbocycles. The first-order chi connectivity index (χ1) is 9.79. The summed E-state index contributed by atoms with van der Waals surface area (Å²) in [6.07, 6.45) is 3.50. The predicted octanol–water partition coefficient (Wildman–Crippen LogP) is 3.41. The Morgan fingerprint density at radius 1 is 1.25 bits per heavy atom. The van der Waals surface area contributed by atoms with Crippen molar-refractivity contribution in [2.24, 2.45) is 0 Å². The number of halogens is 1. The van der Waals surface area contributed by atoms with Crippen LogP contribution in [0.25, 0.3) is 0 Å². The van der Waals surface area contributed by atoms with Crippen LogP contribution in [0.15, 0.2) is 36.7 Å². The van der Waals surface area contributed by atoms with E-state index in [2.05, 4.69) is 22.2 Å². The van der Waals surface area contributed by atoms with Crippen molar-refractivity contribution in [1.29, 1.82) is 0 Å². The molecular formula is C15H18FN3O. The minimum absolute atomic E-state index is 0.228. The van der Waals surface area contributed by atoms with Crippen molar-refractivity contribution in [2.75, 3.05) is 11.9 Å². The molecule has 1 aromatic heterocycles. The molecule has 0 saturated heterocycles. The van der Waals surface area contributed by atoms with Crippen molar-refractivity contribution < 1.29 is 9.13 Å². The molecule has 0 bridgehead atoms. The van der Waals surface area contributed by atoms with Crippen LogP contribution in [0.3, 0.4) is 0 Å². The maximum atomic E-state index is 13.5. The molecule has 2 rings (SSSR count). The maximum absolute atomic E-state index is 13.5. The van der Waals surface area contributed by atoms with Crippen LogP contribution in [-0.4, -0.2) is 16.6 Å². The maximum Gasteiger partial charge on any atom is 0.218 e. The van der Waals surface area contributed by atoms with Crippen molar-refractivity contribution in [3.05, 3.63) is 48.0 Å². The second-order valence-corrected chi connectivity index (χ2v) is 4.39. The highest BCUT2D eigenvalue weighted by molar-refractivity contribution is 5.38. The molecule has 106 valence electrons. The number of nitrogens with one attached hydrogen (secondary N) is 1. The van der Waals surface area contributed by atoms with Gasteiger partial charge in [-0.3, -0.25) is 0 Å². The Kier molecular flexibility index (Phi) is 5.29. The van der Waals surface area contributed by atoms with Gasteiger partial charge in [-0.2, -0.15) is 0 Å². The molecule has 0 amide bonds. The molecule has 0 fully saturated rings. The van der Waals surface area contributed by atoms with Gasteiger partial charge in [-0.15, -0.1) is 0 Å². The summed E-state index contributed by atoms with van der Waals surface area (Å²) >= 11 is 0. The third kappa shape index (κ3) is 4.19. The summed E-state index contributed by atoms with van der Waals surface area (Å²) in [5.74, 6) is 0.924. The number of benzene rings is 1. The van der Waals surface area contributed by atoms with E-state index in [9.17, 15) is 4.39 Å². The number of rotatable bonds is 7. The van der Waals surface area contributed by atoms with Gasteiger partial charge in [0.05, 0.1) is 6.61 Å². The predicted molar refractivity (Wildman–Crippen MR) is 76.2 cm³/mol. The van der Waals surface area contributed by atoms with Crippen LogP contribution in [0, 0.1) is 5.82 Å². The van der Waals surface area contributed by atoms with Crippen LogP contribution < -0.4 is 10.1 Å². The zero-order chi connectivity index (χ0) is 14.2. The molecule has 0 aliphatic rings. The molecule has 1 heterocycles. The number of nitrogens with zero attached hydrogens (tertiary/aromatic N) is 2. The van der Waals surface area contributed by atoms with Gasteiger partial charge in [-0.1, -0.05) is 31.5 Å². The molecule has 5 heteroatoms. The van der Waals surface area contributed by atoms with Crippen molar-refractivity contribution in [1.82, 2.24) is 9.97 Å². The molecule has 2 aromatic rings. The zero-order valence-corrected chi connectivity index (χ0v) is 11.5. The molecule has 0 radical (unpaired) electrons. The van der Waals surface area contributed by atoms with Gasteiger partial charge in [0.15, 0.2) is 0 Å². The Hall–Kier alpha value is -2.17. The quantitative estimate of drug-likeness (QED) is 0.787. The highest BCUT2D eigenvalue weighted by Gasteiger charge is 2.03. The third-order valence-corrected chi connectivity index (χ3v) is 2.81. The molecule has 4 nitrogen and oxygen atoms in total. The van der Waals surface area contributed by atoms with Crippen molar-refractivity contribution in [3.8, 4) is 5.88 Å². The van der Waals surface area contributed by atoms with Crippen molar-refractivity contribution in [3.63, 3.8) is 0 Å². The molecule has 0 unspecified atom stereocenters. The average molecular weight is 275 g/mol. The zero-order valence-electron chi connectivity index (χ0n) is 11.5. The molecule has 0 saturated carbocycles. The fourth-order valence-electron chi connectivity index (χ4n) is 1.66. The molecule has 20 heavy (non-hydrogen) atoms. The van der Waals surface area contributed by atoms with Crippen LogP contribution in [0.1, 0.15) is 25.3 Å². The molecule has 1 aromatic carbocycles. The summed E-state index contributed by atoms with van der Waals surface area (Å²) in [6.45, 7) is 3.11. The fraction of sp³-hybridized carbons (Fsp3) is 0.333. The van der Waals surface area contributed by atoms with Gasteiger partial charge in [0.25, 0.3) is 0 Å². The van der Waals surface area contributed by atoms with Gasteiger partial charge in [0, 0.05) is 18.2 Å². The standard InChI is InChI=1S/C15H18FN3O/c1-2-3-8-20-15-9-14(18-11-19-15)17-10-12-6-4-5-7-13(12)16/h4-7,9,11H,2-3,8,10H2,1H3,(H,17,18,19). The van der Waals surface area contributed by atoms with Crippen LogP contribution in [0.5, 0.6) is 5.88 Å². The lowest BCUT2D eigenvalue weighted by atomic mass is 10.2. The van der Waals surface area contributed by atoms with Gasteiger partial charge < -0.3 is 10.1 Å².